The van der Waals surface area contributed by atoms with E-state index in [0.717, 1.165) is 38.0 Å². The quantitative estimate of drug-likeness (QED) is 0.800. The average Bonchev–Trinajstić information content (AvgIpc) is 2.62. The minimum Gasteiger partial charge on any atom is -0.398 e. The third-order valence-electron chi connectivity index (χ3n) is 4.90. The van der Waals surface area contributed by atoms with Gasteiger partial charge in [0.1, 0.15) is 5.82 Å². The summed E-state index contributed by atoms with van der Waals surface area (Å²) in [5.74, 6) is -0.555. The number of carbonyl (C=O) groups excluding carboxylic acids is 1. The lowest BCUT2D eigenvalue weighted by molar-refractivity contribution is 0.0908. The molecule has 3 rings (SSSR count). The first-order valence-corrected chi connectivity index (χ1v) is 9.14. The number of nitrogens with one attached hydrogen (secondary N) is 1. The summed E-state index contributed by atoms with van der Waals surface area (Å²) in [6.45, 7) is 4.21. The van der Waals surface area contributed by atoms with Crippen LogP contribution in [0.2, 0.25) is 5.02 Å². The second-order valence-electron chi connectivity index (χ2n) is 6.79. The Morgan fingerprint density at radius 1 is 1.31 bits per heavy atom. The minimum atomic E-state index is -0.352. The van der Waals surface area contributed by atoms with Crippen molar-refractivity contribution < 1.29 is 9.18 Å². The Morgan fingerprint density at radius 2 is 2.04 bits per heavy atom. The van der Waals surface area contributed by atoms with Crippen molar-refractivity contribution in [3.63, 3.8) is 0 Å². The summed E-state index contributed by atoms with van der Waals surface area (Å²) < 4.78 is 13.6. The van der Waals surface area contributed by atoms with Crippen LogP contribution in [0.5, 0.6) is 0 Å². The zero-order valence-electron chi connectivity index (χ0n) is 14.8. The number of halogens is 2. The number of amides is 1. The highest BCUT2D eigenvalue weighted by atomic mass is 35.5. The van der Waals surface area contributed by atoms with E-state index in [0.29, 0.717) is 21.8 Å². The fourth-order valence-corrected chi connectivity index (χ4v) is 3.42. The van der Waals surface area contributed by atoms with Crippen LogP contribution < -0.4 is 11.1 Å². The standard InChI is InChI=1S/C20H23ClFN3O/c1-13-16(3-2-4-18(13)22)20(26)24-15-7-9-25(10-8-15)12-14-5-6-17(21)19(23)11-14/h2-6,11,15H,7-10,12,23H2,1H3,(H,24,26). The highest BCUT2D eigenvalue weighted by Crippen LogP contribution is 2.22. The van der Waals surface area contributed by atoms with E-state index < -0.39 is 0 Å². The molecule has 1 heterocycles. The number of nitrogens with two attached hydrogens (primary N) is 1. The van der Waals surface area contributed by atoms with Gasteiger partial charge in [0.2, 0.25) is 0 Å². The first kappa shape index (κ1) is 18.7. The first-order chi connectivity index (χ1) is 12.4. The van der Waals surface area contributed by atoms with Crippen molar-refractivity contribution >= 4 is 23.2 Å². The maximum atomic E-state index is 13.6. The van der Waals surface area contributed by atoms with Gasteiger partial charge in [-0.3, -0.25) is 9.69 Å². The van der Waals surface area contributed by atoms with E-state index in [9.17, 15) is 9.18 Å². The van der Waals surface area contributed by atoms with Gasteiger partial charge in [0.25, 0.3) is 5.91 Å². The van der Waals surface area contributed by atoms with Crippen molar-refractivity contribution in [3.05, 3.63) is 63.9 Å². The molecule has 26 heavy (non-hydrogen) atoms. The predicted octanol–water partition coefficient (Wildman–Crippen LogP) is 3.76. The van der Waals surface area contributed by atoms with Crippen molar-refractivity contribution in [1.29, 1.82) is 0 Å². The van der Waals surface area contributed by atoms with Gasteiger partial charge in [-0.05, 0) is 55.2 Å². The van der Waals surface area contributed by atoms with Crippen LogP contribution in [-0.2, 0) is 6.54 Å². The lowest BCUT2D eigenvalue weighted by Crippen LogP contribution is -2.44. The van der Waals surface area contributed by atoms with Crippen LogP contribution >= 0.6 is 11.6 Å². The fourth-order valence-electron chi connectivity index (χ4n) is 3.30. The van der Waals surface area contributed by atoms with E-state index >= 15 is 0 Å². The molecule has 0 unspecified atom stereocenters. The number of likely N-dealkylation sites (tertiary alicyclic amines) is 1. The van der Waals surface area contributed by atoms with E-state index in [2.05, 4.69) is 10.2 Å². The number of nitrogens with zero attached hydrogens (tertiary/aromatic N) is 1. The van der Waals surface area contributed by atoms with Gasteiger partial charge in [0, 0.05) is 31.2 Å². The van der Waals surface area contributed by atoms with Crippen LogP contribution in [0.15, 0.2) is 36.4 Å². The third-order valence-corrected chi connectivity index (χ3v) is 5.25. The molecule has 4 nitrogen and oxygen atoms in total. The van der Waals surface area contributed by atoms with E-state index in [1.807, 2.05) is 18.2 Å². The van der Waals surface area contributed by atoms with Crippen molar-refractivity contribution in [2.75, 3.05) is 18.8 Å². The molecular formula is C20H23ClFN3O. The molecule has 2 aromatic rings. The van der Waals surface area contributed by atoms with Crippen molar-refractivity contribution in [2.45, 2.75) is 32.4 Å². The van der Waals surface area contributed by atoms with Crippen LogP contribution in [0.4, 0.5) is 10.1 Å². The van der Waals surface area contributed by atoms with Crippen LogP contribution in [0.3, 0.4) is 0 Å². The number of rotatable bonds is 4. The minimum absolute atomic E-state index is 0.108. The number of hydrogen-bond acceptors (Lipinski definition) is 3. The van der Waals surface area contributed by atoms with Gasteiger partial charge in [-0.15, -0.1) is 0 Å². The highest BCUT2D eigenvalue weighted by molar-refractivity contribution is 6.33. The molecule has 1 amide bonds. The van der Waals surface area contributed by atoms with Crippen LogP contribution in [0, 0.1) is 12.7 Å². The predicted molar refractivity (Wildman–Crippen MR) is 103 cm³/mol. The highest BCUT2D eigenvalue weighted by Gasteiger charge is 2.22. The molecule has 1 aliphatic heterocycles. The number of hydrogen-bond donors (Lipinski definition) is 2. The molecule has 0 spiro atoms. The summed E-state index contributed by atoms with van der Waals surface area (Å²) in [4.78, 5) is 14.7. The number of nitrogen functional groups attached to an aromatic ring is 1. The molecule has 0 aromatic heterocycles. The molecule has 1 saturated heterocycles. The van der Waals surface area contributed by atoms with E-state index in [4.69, 9.17) is 17.3 Å². The van der Waals surface area contributed by atoms with Gasteiger partial charge >= 0.3 is 0 Å². The lowest BCUT2D eigenvalue weighted by atomic mass is 10.0. The zero-order chi connectivity index (χ0) is 18.7. The molecule has 6 heteroatoms. The summed E-state index contributed by atoms with van der Waals surface area (Å²) >= 11 is 5.96. The fraction of sp³-hybridized carbons (Fsp3) is 0.350. The largest absolute Gasteiger partial charge is 0.398 e. The third kappa shape index (κ3) is 4.34. The second kappa shape index (κ2) is 8.06. The van der Waals surface area contributed by atoms with Gasteiger partial charge in [0.05, 0.1) is 10.7 Å². The normalized spacial score (nSPS) is 15.8. The Kier molecular flexibility index (Phi) is 5.79. The monoisotopic (exact) mass is 375 g/mol. The lowest BCUT2D eigenvalue weighted by Gasteiger charge is -2.32. The van der Waals surface area contributed by atoms with Crippen LogP contribution in [0.25, 0.3) is 0 Å². The Morgan fingerprint density at radius 3 is 2.73 bits per heavy atom. The number of anilines is 1. The molecule has 0 radical (unpaired) electrons. The number of piperidine rings is 1. The Labute approximate surface area is 158 Å². The number of carbonyl (C=O) groups is 1. The van der Waals surface area contributed by atoms with E-state index in [1.54, 1.807) is 19.1 Å². The number of benzene rings is 2. The van der Waals surface area contributed by atoms with Gasteiger partial charge in [-0.1, -0.05) is 23.7 Å². The first-order valence-electron chi connectivity index (χ1n) is 8.76. The van der Waals surface area contributed by atoms with Gasteiger partial charge in [-0.2, -0.15) is 0 Å². The van der Waals surface area contributed by atoms with E-state index in [-0.39, 0.29) is 17.8 Å². The van der Waals surface area contributed by atoms with Gasteiger partial charge < -0.3 is 11.1 Å². The molecule has 1 aliphatic rings. The van der Waals surface area contributed by atoms with Crippen LogP contribution in [-0.4, -0.2) is 29.9 Å². The SMILES string of the molecule is Cc1c(F)cccc1C(=O)NC1CCN(Cc2ccc(Cl)c(N)c2)CC1. The molecule has 3 N–H and O–H groups in total. The molecule has 0 saturated carbocycles. The molecule has 1 fully saturated rings. The molecule has 0 aliphatic carbocycles. The average molecular weight is 376 g/mol. The van der Waals surface area contributed by atoms with Crippen molar-refractivity contribution in [2.24, 2.45) is 0 Å². The summed E-state index contributed by atoms with van der Waals surface area (Å²) in [6, 6.07) is 10.4. The molecule has 138 valence electrons. The summed E-state index contributed by atoms with van der Waals surface area (Å²) in [5.41, 5.74) is 8.38. The Hall–Kier alpha value is -2.11. The molecule has 2 aromatic carbocycles. The summed E-state index contributed by atoms with van der Waals surface area (Å²) in [7, 11) is 0. The van der Waals surface area contributed by atoms with Gasteiger partial charge in [0.15, 0.2) is 0 Å². The van der Waals surface area contributed by atoms with Crippen molar-refractivity contribution in [3.8, 4) is 0 Å². The van der Waals surface area contributed by atoms with Crippen LogP contribution in [0.1, 0.15) is 34.3 Å². The zero-order valence-corrected chi connectivity index (χ0v) is 15.5. The Balaban J connectivity index is 1.52. The summed E-state index contributed by atoms with van der Waals surface area (Å²) in [6.07, 6.45) is 1.73. The maximum Gasteiger partial charge on any atom is 0.251 e. The van der Waals surface area contributed by atoms with E-state index in [1.165, 1.54) is 6.07 Å². The second-order valence-corrected chi connectivity index (χ2v) is 7.20. The maximum absolute atomic E-state index is 13.6. The molecular weight excluding hydrogens is 353 g/mol. The summed E-state index contributed by atoms with van der Waals surface area (Å²) in [5, 5.41) is 3.61. The Bertz CT molecular complexity index is 804. The smallest absolute Gasteiger partial charge is 0.251 e. The topological polar surface area (TPSA) is 58.4 Å². The molecule has 0 atom stereocenters. The van der Waals surface area contributed by atoms with Gasteiger partial charge in [-0.25, -0.2) is 4.39 Å². The molecule has 0 bridgehead atoms. The van der Waals surface area contributed by atoms with Crippen molar-refractivity contribution in [1.82, 2.24) is 10.2 Å².